The van der Waals surface area contributed by atoms with Crippen molar-refractivity contribution in [3.8, 4) is 5.75 Å². The molecule has 0 aliphatic rings. The van der Waals surface area contributed by atoms with E-state index < -0.39 is 0 Å². The average molecular weight is 304 g/mol. The van der Waals surface area contributed by atoms with Crippen LogP contribution in [0.4, 0.5) is 5.69 Å². The maximum Gasteiger partial charge on any atom is 0.265 e. The summed E-state index contributed by atoms with van der Waals surface area (Å²) >= 11 is 1.41. The third-order valence-electron chi connectivity index (χ3n) is 3.38. The molecule has 1 aromatic heterocycles. The molecule has 4 nitrogen and oxygen atoms in total. The second-order valence-corrected chi connectivity index (χ2v) is 5.89. The third kappa shape index (κ3) is 3.03. The van der Waals surface area contributed by atoms with E-state index in [9.17, 15) is 4.79 Å². The van der Waals surface area contributed by atoms with Gasteiger partial charge in [0.05, 0.1) is 18.2 Å². The van der Waals surface area contributed by atoms with Gasteiger partial charge in [-0.3, -0.25) is 4.79 Å². The lowest BCUT2D eigenvalue weighted by atomic mass is 10.2. The van der Waals surface area contributed by atoms with E-state index in [0.29, 0.717) is 22.9 Å². The van der Waals surface area contributed by atoms with E-state index in [1.165, 1.54) is 11.3 Å². The Hall–Kier alpha value is -2.01. The predicted molar refractivity (Wildman–Crippen MR) is 89.2 cm³/mol. The average Bonchev–Trinajstić information content (AvgIpc) is 2.84. The number of hydrogen-bond acceptors (Lipinski definition) is 4. The SMILES string of the molecule is C=CCCCN(C)C(=O)c1sc2cccc(OC)c2c1N. The van der Waals surface area contributed by atoms with E-state index in [0.717, 1.165) is 22.9 Å². The number of carbonyl (C=O) groups excluding carboxylic acids is 1. The molecule has 0 saturated heterocycles. The van der Waals surface area contributed by atoms with Gasteiger partial charge in [0.1, 0.15) is 10.6 Å². The summed E-state index contributed by atoms with van der Waals surface area (Å²) < 4.78 is 6.30. The summed E-state index contributed by atoms with van der Waals surface area (Å²) in [6.45, 7) is 4.38. The molecule has 0 fully saturated rings. The van der Waals surface area contributed by atoms with Gasteiger partial charge < -0.3 is 15.4 Å². The van der Waals surface area contributed by atoms with E-state index in [4.69, 9.17) is 10.5 Å². The molecule has 0 aliphatic carbocycles. The first-order valence-corrected chi connectivity index (χ1v) is 7.63. The lowest BCUT2D eigenvalue weighted by Crippen LogP contribution is -2.27. The molecule has 0 unspecified atom stereocenters. The summed E-state index contributed by atoms with van der Waals surface area (Å²) in [7, 11) is 3.40. The number of amides is 1. The van der Waals surface area contributed by atoms with Crippen molar-refractivity contribution in [1.82, 2.24) is 4.90 Å². The highest BCUT2D eigenvalue weighted by Gasteiger charge is 2.21. The Kier molecular flexibility index (Phi) is 4.85. The van der Waals surface area contributed by atoms with Crippen LogP contribution in [0.15, 0.2) is 30.9 Å². The first kappa shape index (κ1) is 15.4. The van der Waals surface area contributed by atoms with E-state index in [2.05, 4.69) is 6.58 Å². The van der Waals surface area contributed by atoms with E-state index in [-0.39, 0.29) is 5.91 Å². The Labute approximate surface area is 128 Å². The first-order chi connectivity index (χ1) is 10.1. The van der Waals surface area contributed by atoms with Crippen LogP contribution in [0.5, 0.6) is 5.75 Å². The molecule has 0 atom stereocenters. The summed E-state index contributed by atoms with van der Waals surface area (Å²) in [5.74, 6) is 0.662. The van der Waals surface area contributed by atoms with Crippen molar-refractivity contribution in [2.24, 2.45) is 0 Å². The fourth-order valence-electron chi connectivity index (χ4n) is 2.22. The monoisotopic (exact) mass is 304 g/mol. The summed E-state index contributed by atoms with van der Waals surface area (Å²) in [6, 6.07) is 5.71. The van der Waals surface area contributed by atoms with Crippen LogP contribution in [0.2, 0.25) is 0 Å². The Morgan fingerprint density at radius 2 is 2.29 bits per heavy atom. The van der Waals surface area contributed by atoms with Gasteiger partial charge in [-0.1, -0.05) is 12.1 Å². The van der Waals surface area contributed by atoms with Crippen molar-refractivity contribution in [3.05, 3.63) is 35.7 Å². The number of hydrogen-bond donors (Lipinski definition) is 1. The Morgan fingerprint density at radius 1 is 1.52 bits per heavy atom. The van der Waals surface area contributed by atoms with Crippen LogP contribution < -0.4 is 10.5 Å². The topological polar surface area (TPSA) is 55.6 Å². The van der Waals surface area contributed by atoms with Crippen molar-refractivity contribution in [2.45, 2.75) is 12.8 Å². The van der Waals surface area contributed by atoms with Crippen LogP contribution in [-0.2, 0) is 0 Å². The highest BCUT2D eigenvalue weighted by Crippen LogP contribution is 2.39. The third-order valence-corrected chi connectivity index (χ3v) is 4.54. The van der Waals surface area contributed by atoms with Crippen molar-refractivity contribution in [1.29, 1.82) is 0 Å². The molecule has 1 aromatic carbocycles. The van der Waals surface area contributed by atoms with Gasteiger partial charge in [0.15, 0.2) is 0 Å². The zero-order valence-electron chi connectivity index (χ0n) is 12.4. The molecular formula is C16H20N2O2S. The van der Waals surface area contributed by atoms with Crippen LogP contribution >= 0.6 is 11.3 Å². The largest absolute Gasteiger partial charge is 0.496 e. The van der Waals surface area contributed by atoms with Gasteiger partial charge in [0.25, 0.3) is 5.91 Å². The number of anilines is 1. The minimum atomic E-state index is -0.0418. The molecule has 5 heteroatoms. The number of nitrogens with two attached hydrogens (primary N) is 1. The number of nitrogens with zero attached hydrogens (tertiary/aromatic N) is 1. The number of methoxy groups -OCH3 is 1. The molecule has 112 valence electrons. The van der Waals surface area contributed by atoms with E-state index in [1.54, 1.807) is 19.1 Å². The fourth-order valence-corrected chi connectivity index (χ4v) is 3.35. The minimum absolute atomic E-state index is 0.0418. The normalized spacial score (nSPS) is 10.6. The summed E-state index contributed by atoms with van der Waals surface area (Å²) in [6.07, 6.45) is 3.66. The number of allylic oxidation sites excluding steroid dienone is 1. The molecule has 0 aliphatic heterocycles. The van der Waals surface area contributed by atoms with Gasteiger partial charge in [-0.2, -0.15) is 0 Å². The molecule has 2 rings (SSSR count). The molecule has 2 aromatic rings. The maximum absolute atomic E-state index is 12.5. The molecule has 0 spiro atoms. The van der Waals surface area contributed by atoms with Crippen molar-refractivity contribution >= 4 is 33.0 Å². The number of ether oxygens (including phenoxy) is 1. The fraction of sp³-hybridized carbons (Fsp3) is 0.312. The molecule has 1 amide bonds. The zero-order valence-corrected chi connectivity index (χ0v) is 13.2. The number of carbonyl (C=O) groups is 1. The van der Waals surface area contributed by atoms with Gasteiger partial charge in [-0.15, -0.1) is 17.9 Å². The Bertz CT molecular complexity index is 664. The van der Waals surface area contributed by atoms with E-state index in [1.807, 2.05) is 24.3 Å². The smallest absolute Gasteiger partial charge is 0.265 e. The van der Waals surface area contributed by atoms with Gasteiger partial charge in [0.2, 0.25) is 0 Å². The van der Waals surface area contributed by atoms with Gasteiger partial charge in [-0.05, 0) is 25.0 Å². The highest BCUT2D eigenvalue weighted by atomic mass is 32.1. The Balaban J connectivity index is 2.31. The Morgan fingerprint density at radius 3 is 2.95 bits per heavy atom. The first-order valence-electron chi connectivity index (χ1n) is 6.81. The number of benzene rings is 1. The summed E-state index contributed by atoms with van der Waals surface area (Å²) in [4.78, 5) is 14.8. The molecule has 0 bridgehead atoms. The van der Waals surface area contributed by atoms with Crippen LogP contribution in [0.3, 0.4) is 0 Å². The molecule has 0 radical (unpaired) electrons. The van der Waals surface area contributed by atoms with Crippen molar-refractivity contribution in [2.75, 3.05) is 26.4 Å². The lowest BCUT2D eigenvalue weighted by Gasteiger charge is -2.16. The molecule has 0 saturated carbocycles. The predicted octanol–water partition coefficient (Wildman–Crippen LogP) is 3.53. The number of unbranched alkanes of at least 4 members (excludes halogenated alkanes) is 1. The molecule has 21 heavy (non-hydrogen) atoms. The van der Waals surface area contributed by atoms with Crippen molar-refractivity contribution < 1.29 is 9.53 Å². The van der Waals surface area contributed by atoms with E-state index >= 15 is 0 Å². The molecule has 2 N–H and O–H groups in total. The summed E-state index contributed by atoms with van der Waals surface area (Å²) in [5.41, 5.74) is 6.68. The van der Waals surface area contributed by atoms with Gasteiger partial charge >= 0.3 is 0 Å². The lowest BCUT2D eigenvalue weighted by molar-refractivity contribution is 0.0799. The van der Waals surface area contributed by atoms with Crippen LogP contribution in [0.25, 0.3) is 10.1 Å². The summed E-state index contributed by atoms with van der Waals surface area (Å²) in [5, 5.41) is 0.827. The van der Waals surface area contributed by atoms with Gasteiger partial charge in [-0.25, -0.2) is 0 Å². The molecule has 1 heterocycles. The minimum Gasteiger partial charge on any atom is -0.496 e. The number of nitrogen functional groups attached to an aromatic ring is 1. The molecular weight excluding hydrogens is 284 g/mol. The second kappa shape index (κ2) is 6.63. The number of thiophene rings is 1. The quantitative estimate of drug-likeness (QED) is 0.656. The van der Waals surface area contributed by atoms with Crippen molar-refractivity contribution in [3.63, 3.8) is 0 Å². The van der Waals surface area contributed by atoms with Crippen LogP contribution in [0, 0.1) is 0 Å². The van der Waals surface area contributed by atoms with Gasteiger partial charge in [0, 0.05) is 18.3 Å². The number of fused-ring (bicyclic) bond motifs is 1. The number of rotatable bonds is 6. The zero-order chi connectivity index (χ0) is 15.4. The van der Waals surface area contributed by atoms with Crippen LogP contribution in [-0.4, -0.2) is 31.5 Å². The second-order valence-electron chi connectivity index (χ2n) is 4.84. The highest BCUT2D eigenvalue weighted by molar-refractivity contribution is 7.21. The standard InChI is InChI=1S/C16H20N2O2S/c1-4-5-6-10-18(2)16(19)15-14(17)13-11(20-3)8-7-9-12(13)21-15/h4,7-9H,1,5-6,10,17H2,2-3H3. The van der Waals surface area contributed by atoms with Crippen LogP contribution in [0.1, 0.15) is 22.5 Å². The maximum atomic E-state index is 12.5.